The second kappa shape index (κ2) is 6.92. The lowest BCUT2D eigenvalue weighted by Gasteiger charge is -2.23. The van der Waals surface area contributed by atoms with Gasteiger partial charge in [0.25, 0.3) is 5.91 Å². The van der Waals surface area contributed by atoms with Crippen LogP contribution in [0.2, 0.25) is 0 Å². The van der Waals surface area contributed by atoms with E-state index in [1.807, 2.05) is 19.1 Å². The summed E-state index contributed by atoms with van der Waals surface area (Å²) in [5, 5.41) is 16.9. The van der Waals surface area contributed by atoms with Gasteiger partial charge in [-0.15, -0.1) is 0 Å². The maximum Gasteiger partial charge on any atom is 0.336 e. The van der Waals surface area contributed by atoms with Gasteiger partial charge < -0.3 is 24.9 Å². The summed E-state index contributed by atoms with van der Waals surface area (Å²) in [5.74, 6) is 0.539. The molecule has 0 aliphatic carbocycles. The highest BCUT2D eigenvalue weighted by Crippen LogP contribution is 2.33. The lowest BCUT2D eigenvalue weighted by molar-refractivity contribution is -0.122. The van der Waals surface area contributed by atoms with E-state index in [0.29, 0.717) is 30.0 Å². The summed E-state index contributed by atoms with van der Waals surface area (Å²) in [4.78, 5) is 23.7. The molecule has 3 N–H and O–H groups in total. The second-order valence-electron chi connectivity index (χ2n) is 6.74. The molecule has 3 aromatic rings. The minimum Gasteiger partial charge on any atom is -0.508 e. The van der Waals surface area contributed by atoms with Crippen LogP contribution in [0.15, 0.2) is 45.6 Å². The van der Waals surface area contributed by atoms with Crippen LogP contribution in [0.3, 0.4) is 0 Å². The third-order valence-corrected chi connectivity index (χ3v) is 4.80. The number of rotatable bonds is 4. The molecular weight excluding hydrogens is 360 g/mol. The van der Waals surface area contributed by atoms with Crippen LogP contribution in [0.1, 0.15) is 25.0 Å². The van der Waals surface area contributed by atoms with Crippen molar-refractivity contribution in [2.75, 3.05) is 10.6 Å². The number of phenols is 1. The Hall–Kier alpha value is -3.48. The smallest absolute Gasteiger partial charge is 0.336 e. The molecule has 0 saturated carbocycles. The molecular formula is C21H20N2O5. The molecule has 7 nitrogen and oxygen atoms in total. The molecule has 1 aliphatic heterocycles. The minimum atomic E-state index is -0.523. The van der Waals surface area contributed by atoms with E-state index in [1.54, 1.807) is 19.1 Å². The van der Waals surface area contributed by atoms with Gasteiger partial charge in [0, 0.05) is 29.8 Å². The number of carbonyl (C=O) groups is 1. The molecule has 1 unspecified atom stereocenters. The molecule has 1 amide bonds. The standard InChI is InChI=1S/C21H20N2O5/c1-3-12-6-15-13(7-20(25)28-19(15)9-17(12)24)10-22-14-4-5-18-16(8-14)23-21(26)11(2)27-18/h4-9,11,22,24H,3,10H2,1-2H3,(H,23,26). The zero-order valence-electron chi connectivity index (χ0n) is 15.5. The third-order valence-electron chi connectivity index (χ3n) is 4.80. The zero-order chi connectivity index (χ0) is 19.8. The van der Waals surface area contributed by atoms with Crippen LogP contribution in [-0.2, 0) is 17.8 Å². The van der Waals surface area contributed by atoms with Gasteiger partial charge in [0.2, 0.25) is 0 Å². The quantitative estimate of drug-likeness (QED) is 0.600. The number of carbonyl (C=O) groups excluding carboxylic acids is 1. The van der Waals surface area contributed by atoms with Crippen molar-refractivity contribution in [1.82, 2.24) is 0 Å². The molecule has 1 aliphatic rings. The lowest BCUT2D eigenvalue weighted by Crippen LogP contribution is -2.34. The molecule has 1 aromatic heterocycles. The van der Waals surface area contributed by atoms with Gasteiger partial charge in [-0.3, -0.25) is 4.79 Å². The number of aryl methyl sites for hydroxylation is 1. The average molecular weight is 380 g/mol. The highest BCUT2D eigenvalue weighted by atomic mass is 16.5. The molecule has 0 saturated heterocycles. The number of fused-ring (bicyclic) bond motifs is 2. The topological polar surface area (TPSA) is 101 Å². The second-order valence-corrected chi connectivity index (χ2v) is 6.74. The van der Waals surface area contributed by atoms with Crippen molar-refractivity contribution in [2.45, 2.75) is 32.9 Å². The van der Waals surface area contributed by atoms with Crippen LogP contribution in [-0.4, -0.2) is 17.1 Å². The summed E-state index contributed by atoms with van der Waals surface area (Å²) < 4.78 is 10.8. The molecule has 4 rings (SSSR count). The normalized spacial score (nSPS) is 15.6. The van der Waals surface area contributed by atoms with Gasteiger partial charge in [0.05, 0.1) is 5.69 Å². The van der Waals surface area contributed by atoms with E-state index in [4.69, 9.17) is 9.15 Å². The van der Waals surface area contributed by atoms with Crippen LogP contribution < -0.4 is 21.0 Å². The van der Waals surface area contributed by atoms with Gasteiger partial charge in [-0.05, 0) is 48.7 Å². The van der Waals surface area contributed by atoms with Crippen molar-refractivity contribution in [3.63, 3.8) is 0 Å². The van der Waals surface area contributed by atoms with Crippen LogP contribution in [0.25, 0.3) is 11.0 Å². The van der Waals surface area contributed by atoms with Crippen molar-refractivity contribution < 1.29 is 19.1 Å². The first-order valence-electron chi connectivity index (χ1n) is 9.08. The fourth-order valence-electron chi connectivity index (χ4n) is 3.25. The van der Waals surface area contributed by atoms with E-state index in [9.17, 15) is 14.7 Å². The Morgan fingerprint density at radius 2 is 1.96 bits per heavy atom. The Labute approximate surface area is 160 Å². The largest absolute Gasteiger partial charge is 0.508 e. The first-order chi connectivity index (χ1) is 13.4. The van der Waals surface area contributed by atoms with Gasteiger partial charge in [-0.25, -0.2) is 4.79 Å². The van der Waals surface area contributed by atoms with E-state index in [0.717, 1.165) is 22.2 Å². The van der Waals surface area contributed by atoms with Crippen LogP contribution >= 0.6 is 0 Å². The number of anilines is 2. The fraction of sp³-hybridized carbons (Fsp3) is 0.238. The zero-order valence-corrected chi connectivity index (χ0v) is 15.5. The summed E-state index contributed by atoms with van der Waals surface area (Å²) in [6, 6.07) is 10.2. The Morgan fingerprint density at radius 3 is 2.75 bits per heavy atom. The van der Waals surface area contributed by atoms with E-state index >= 15 is 0 Å². The fourth-order valence-corrected chi connectivity index (χ4v) is 3.25. The van der Waals surface area contributed by atoms with Crippen molar-refractivity contribution in [2.24, 2.45) is 0 Å². The summed E-state index contributed by atoms with van der Waals surface area (Å²) in [6.07, 6.45) is 0.141. The van der Waals surface area contributed by atoms with Crippen molar-refractivity contribution >= 4 is 28.3 Å². The molecule has 0 spiro atoms. The molecule has 28 heavy (non-hydrogen) atoms. The Bertz CT molecular complexity index is 1140. The van der Waals surface area contributed by atoms with Gasteiger partial charge in [0.15, 0.2) is 6.10 Å². The maximum atomic E-state index is 11.9. The maximum absolute atomic E-state index is 11.9. The number of nitrogens with one attached hydrogen (secondary N) is 2. The van der Waals surface area contributed by atoms with E-state index in [2.05, 4.69) is 10.6 Å². The summed E-state index contributed by atoms with van der Waals surface area (Å²) in [7, 11) is 0. The Morgan fingerprint density at radius 1 is 1.14 bits per heavy atom. The summed E-state index contributed by atoms with van der Waals surface area (Å²) >= 11 is 0. The number of phenolic OH excluding ortho intramolecular Hbond substituents is 1. The Balaban J connectivity index is 1.63. The molecule has 2 aromatic carbocycles. The summed E-state index contributed by atoms with van der Waals surface area (Å²) in [5.41, 5.74) is 2.78. The first kappa shape index (κ1) is 17.9. The number of amides is 1. The molecule has 2 heterocycles. The van der Waals surface area contributed by atoms with E-state index in [1.165, 1.54) is 12.1 Å². The van der Waals surface area contributed by atoms with Crippen LogP contribution in [0, 0.1) is 0 Å². The molecule has 7 heteroatoms. The number of aromatic hydroxyl groups is 1. The number of hydrogen-bond donors (Lipinski definition) is 3. The van der Waals surface area contributed by atoms with Crippen LogP contribution in [0.5, 0.6) is 11.5 Å². The molecule has 0 bridgehead atoms. The number of benzene rings is 2. The highest BCUT2D eigenvalue weighted by molar-refractivity contribution is 5.98. The van der Waals surface area contributed by atoms with Gasteiger partial charge in [0.1, 0.15) is 17.1 Å². The van der Waals surface area contributed by atoms with Crippen molar-refractivity contribution in [3.8, 4) is 11.5 Å². The third kappa shape index (κ3) is 3.26. The van der Waals surface area contributed by atoms with Gasteiger partial charge in [-0.1, -0.05) is 6.92 Å². The van der Waals surface area contributed by atoms with Crippen molar-refractivity contribution in [3.05, 3.63) is 57.9 Å². The first-order valence-corrected chi connectivity index (χ1v) is 9.08. The summed E-state index contributed by atoms with van der Waals surface area (Å²) in [6.45, 7) is 4.02. The lowest BCUT2D eigenvalue weighted by atomic mass is 10.0. The predicted molar refractivity (Wildman–Crippen MR) is 106 cm³/mol. The molecule has 144 valence electrons. The average Bonchev–Trinajstić information content (AvgIpc) is 2.66. The molecule has 0 radical (unpaired) electrons. The van der Waals surface area contributed by atoms with Crippen LogP contribution in [0.4, 0.5) is 11.4 Å². The van der Waals surface area contributed by atoms with Gasteiger partial charge in [-0.2, -0.15) is 0 Å². The van der Waals surface area contributed by atoms with E-state index < -0.39 is 11.7 Å². The minimum absolute atomic E-state index is 0.114. The SMILES string of the molecule is CCc1cc2c(CNc3ccc4c(c3)NC(=O)C(C)O4)cc(=O)oc2cc1O. The highest BCUT2D eigenvalue weighted by Gasteiger charge is 2.23. The molecule has 0 fully saturated rings. The number of hydrogen-bond acceptors (Lipinski definition) is 6. The monoisotopic (exact) mass is 380 g/mol. The van der Waals surface area contributed by atoms with E-state index in [-0.39, 0.29) is 11.7 Å². The predicted octanol–water partition coefficient (Wildman–Crippen LogP) is 3.39. The van der Waals surface area contributed by atoms with Crippen molar-refractivity contribution in [1.29, 1.82) is 0 Å². The number of ether oxygens (including phenoxy) is 1. The molecule has 1 atom stereocenters. The Kier molecular flexibility index (Phi) is 4.43. The van der Waals surface area contributed by atoms with Gasteiger partial charge >= 0.3 is 5.63 Å².